The molecule has 0 amide bonds. The van der Waals surface area contributed by atoms with E-state index in [1.807, 2.05) is 6.92 Å². The fourth-order valence-electron chi connectivity index (χ4n) is 4.83. The lowest BCUT2D eigenvalue weighted by molar-refractivity contribution is -0.152. The molecule has 1 saturated heterocycles. The summed E-state index contributed by atoms with van der Waals surface area (Å²) in [7, 11) is 0. The SMILES string of the molecule is C=C1C(=O)OC2C1C(OC(C)=O)CC(C)(O)C1CC(O)C(C)C21. The average Bonchev–Trinajstić information content (AvgIpc) is 2.84. The number of aliphatic hydroxyl groups is 2. The summed E-state index contributed by atoms with van der Waals surface area (Å²) in [4.78, 5) is 23.5. The molecular weight excluding hydrogens is 300 g/mol. The van der Waals surface area contributed by atoms with Crippen molar-refractivity contribution in [3.63, 3.8) is 0 Å². The summed E-state index contributed by atoms with van der Waals surface area (Å²) in [5.74, 6) is -1.94. The summed E-state index contributed by atoms with van der Waals surface area (Å²) < 4.78 is 11.0. The first-order chi connectivity index (χ1) is 10.6. The Balaban J connectivity index is 2.05. The Bertz CT molecular complexity index is 553. The van der Waals surface area contributed by atoms with Crippen LogP contribution in [0.15, 0.2) is 12.2 Å². The van der Waals surface area contributed by atoms with Crippen LogP contribution in [0.3, 0.4) is 0 Å². The van der Waals surface area contributed by atoms with E-state index in [1.165, 1.54) is 6.92 Å². The summed E-state index contributed by atoms with van der Waals surface area (Å²) in [6, 6.07) is 0. The smallest absolute Gasteiger partial charge is 0.334 e. The first-order valence-electron chi connectivity index (χ1n) is 8.11. The lowest BCUT2D eigenvalue weighted by Crippen LogP contribution is -2.40. The zero-order valence-corrected chi connectivity index (χ0v) is 13.7. The Morgan fingerprint density at radius 1 is 1.48 bits per heavy atom. The molecule has 3 aliphatic rings. The Kier molecular flexibility index (Phi) is 3.80. The van der Waals surface area contributed by atoms with Crippen LogP contribution in [0.25, 0.3) is 0 Å². The monoisotopic (exact) mass is 324 g/mol. The van der Waals surface area contributed by atoms with E-state index in [9.17, 15) is 19.8 Å². The maximum absolute atomic E-state index is 12.0. The Morgan fingerprint density at radius 2 is 2.13 bits per heavy atom. The zero-order chi connectivity index (χ0) is 17.1. The van der Waals surface area contributed by atoms with Crippen LogP contribution < -0.4 is 0 Å². The number of rotatable bonds is 1. The van der Waals surface area contributed by atoms with Crippen molar-refractivity contribution < 1.29 is 29.3 Å². The van der Waals surface area contributed by atoms with E-state index in [0.29, 0.717) is 6.42 Å². The molecule has 0 bridgehead atoms. The Labute approximate surface area is 135 Å². The molecule has 23 heavy (non-hydrogen) atoms. The van der Waals surface area contributed by atoms with Crippen LogP contribution in [0.1, 0.15) is 33.6 Å². The molecule has 2 saturated carbocycles. The van der Waals surface area contributed by atoms with Gasteiger partial charge >= 0.3 is 11.9 Å². The standard InChI is InChI=1S/C17H24O6/c1-7-11(19)5-10-13(7)15-14(8(2)16(20)23-15)12(22-9(3)18)6-17(10,4)21/h7,10-15,19,21H,2,5-6H2,1,3-4H3. The third kappa shape index (κ3) is 2.48. The molecule has 0 radical (unpaired) electrons. The molecule has 0 aromatic carbocycles. The molecule has 0 spiro atoms. The van der Waals surface area contributed by atoms with Gasteiger partial charge in [0.25, 0.3) is 0 Å². The fourth-order valence-corrected chi connectivity index (χ4v) is 4.83. The number of fused-ring (bicyclic) bond motifs is 3. The lowest BCUT2D eigenvalue weighted by Gasteiger charge is -2.34. The van der Waals surface area contributed by atoms with Gasteiger partial charge in [0.1, 0.15) is 12.2 Å². The second-order valence-electron chi connectivity index (χ2n) is 7.48. The quantitative estimate of drug-likeness (QED) is 0.547. The molecule has 3 rings (SSSR count). The minimum Gasteiger partial charge on any atom is -0.462 e. The van der Waals surface area contributed by atoms with Gasteiger partial charge in [-0.25, -0.2) is 4.79 Å². The topological polar surface area (TPSA) is 93.1 Å². The van der Waals surface area contributed by atoms with Gasteiger partial charge in [-0.1, -0.05) is 13.5 Å². The molecule has 8 atom stereocenters. The highest BCUT2D eigenvalue weighted by molar-refractivity contribution is 5.91. The van der Waals surface area contributed by atoms with E-state index in [-0.39, 0.29) is 29.7 Å². The molecule has 1 heterocycles. The lowest BCUT2D eigenvalue weighted by atomic mass is 9.76. The number of aliphatic hydroxyl groups excluding tert-OH is 1. The van der Waals surface area contributed by atoms with Crippen molar-refractivity contribution in [2.75, 3.05) is 0 Å². The Hall–Kier alpha value is -1.40. The predicted octanol–water partition coefficient (Wildman–Crippen LogP) is 0.804. The van der Waals surface area contributed by atoms with Crippen molar-refractivity contribution in [1.82, 2.24) is 0 Å². The number of carbonyl (C=O) groups excluding carboxylic acids is 2. The summed E-state index contributed by atoms with van der Waals surface area (Å²) in [6.45, 7) is 8.73. The van der Waals surface area contributed by atoms with Gasteiger partial charge in [0, 0.05) is 24.8 Å². The molecule has 128 valence electrons. The van der Waals surface area contributed by atoms with Crippen molar-refractivity contribution in [2.45, 2.75) is 57.5 Å². The van der Waals surface area contributed by atoms with Gasteiger partial charge in [-0.2, -0.15) is 0 Å². The average molecular weight is 324 g/mol. The van der Waals surface area contributed by atoms with Gasteiger partial charge in [-0.15, -0.1) is 0 Å². The molecule has 2 aliphatic carbocycles. The van der Waals surface area contributed by atoms with E-state index in [1.54, 1.807) is 6.92 Å². The summed E-state index contributed by atoms with van der Waals surface area (Å²) in [6.07, 6.45) is -1.08. The molecule has 1 aliphatic heterocycles. The van der Waals surface area contributed by atoms with Crippen molar-refractivity contribution in [1.29, 1.82) is 0 Å². The minimum atomic E-state index is -1.12. The third-order valence-corrected chi connectivity index (χ3v) is 5.95. The van der Waals surface area contributed by atoms with Crippen LogP contribution in [0, 0.1) is 23.7 Å². The summed E-state index contributed by atoms with van der Waals surface area (Å²) >= 11 is 0. The second-order valence-corrected chi connectivity index (χ2v) is 7.48. The third-order valence-electron chi connectivity index (χ3n) is 5.95. The summed E-state index contributed by atoms with van der Waals surface area (Å²) in [5.41, 5.74) is -0.834. The highest BCUT2D eigenvalue weighted by Crippen LogP contribution is 2.54. The first-order valence-corrected chi connectivity index (χ1v) is 8.11. The highest BCUT2D eigenvalue weighted by Gasteiger charge is 2.61. The number of hydrogen-bond acceptors (Lipinski definition) is 6. The van der Waals surface area contributed by atoms with Crippen molar-refractivity contribution in [3.05, 3.63) is 12.2 Å². The van der Waals surface area contributed by atoms with E-state index in [2.05, 4.69) is 6.58 Å². The predicted molar refractivity (Wildman–Crippen MR) is 80.1 cm³/mol. The van der Waals surface area contributed by atoms with Gasteiger partial charge in [-0.3, -0.25) is 4.79 Å². The number of ether oxygens (including phenoxy) is 2. The number of hydrogen-bond donors (Lipinski definition) is 2. The second kappa shape index (κ2) is 5.31. The van der Waals surface area contributed by atoms with Gasteiger partial charge in [0.05, 0.1) is 17.6 Å². The molecule has 0 aromatic rings. The van der Waals surface area contributed by atoms with Gasteiger partial charge in [0.2, 0.25) is 0 Å². The molecule has 0 aromatic heterocycles. The molecule has 6 nitrogen and oxygen atoms in total. The number of esters is 2. The maximum Gasteiger partial charge on any atom is 0.334 e. The van der Waals surface area contributed by atoms with E-state index < -0.39 is 41.8 Å². The van der Waals surface area contributed by atoms with Gasteiger partial charge in [-0.05, 0) is 25.2 Å². The minimum absolute atomic E-state index is 0.117. The van der Waals surface area contributed by atoms with Crippen molar-refractivity contribution in [2.24, 2.45) is 23.7 Å². The zero-order valence-electron chi connectivity index (χ0n) is 13.7. The van der Waals surface area contributed by atoms with Crippen LogP contribution >= 0.6 is 0 Å². The molecule has 6 heteroatoms. The maximum atomic E-state index is 12.0. The van der Waals surface area contributed by atoms with Gasteiger partial charge in [0.15, 0.2) is 0 Å². The fraction of sp³-hybridized carbons (Fsp3) is 0.765. The molecule has 3 fully saturated rings. The Morgan fingerprint density at radius 3 is 2.74 bits per heavy atom. The van der Waals surface area contributed by atoms with Crippen molar-refractivity contribution in [3.8, 4) is 0 Å². The van der Waals surface area contributed by atoms with Crippen LogP contribution in [0.2, 0.25) is 0 Å². The molecule has 8 unspecified atom stereocenters. The largest absolute Gasteiger partial charge is 0.462 e. The first kappa shape index (κ1) is 16.5. The molecule has 2 N–H and O–H groups in total. The van der Waals surface area contributed by atoms with E-state index in [0.717, 1.165) is 0 Å². The number of carbonyl (C=O) groups is 2. The van der Waals surface area contributed by atoms with Crippen LogP contribution in [-0.4, -0.2) is 46.1 Å². The van der Waals surface area contributed by atoms with Crippen LogP contribution in [-0.2, 0) is 19.1 Å². The normalized spacial score (nSPS) is 49.2. The van der Waals surface area contributed by atoms with Crippen LogP contribution in [0.5, 0.6) is 0 Å². The highest BCUT2D eigenvalue weighted by atomic mass is 16.6. The summed E-state index contributed by atoms with van der Waals surface area (Å²) in [5, 5.41) is 21.2. The molecular formula is C17H24O6. The van der Waals surface area contributed by atoms with Crippen molar-refractivity contribution >= 4 is 11.9 Å². The van der Waals surface area contributed by atoms with E-state index >= 15 is 0 Å². The van der Waals surface area contributed by atoms with Crippen LogP contribution in [0.4, 0.5) is 0 Å². The van der Waals surface area contributed by atoms with Gasteiger partial charge < -0.3 is 19.7 Å². The van der Waals surface area contributed by atoms with E-state index in [4.69, 9.17) is 9.47 Å².